The average Bonchev–Trinajstić information content (AvgIpc) is 4.06. The van der Waals surface area contributed by atoms with Crippen molar-refractivity contribution in [3.05, 3.63) is 66.4 Å². The number of hydrogen-bond donors (Lipinski definition) is 4. The highest BCUT2D eigenvalue weighted by atomic mass is 16.5. The molecule has 58 heavy (non-hydrogen) atoms. The van der Waals surface area contributed by atoms with E-state index in [9.17, 15) is 19.2 Å². The summed E-state index contributed by atoms with van der Waals surface area (Å²) in [6.07, 6.45) is 3.79. The van der Waals surface area contributed by atoms with E-state index in [-0.39, 0.29) is 35.7 Å². The van der Waals surface area contributed by atoms with Gasteiger partial charge in [-0.15, -0.1) is 0 Å². The molecule has 2 saturated heterocycles. The van der Waals surface area contributed by atoms with Gasteiger partial charge in [-0.2, -0.15) is 0 Å². The van der Waals surface area contributed by atoms with Crippen LogP contribution < -0.4 is 10.6 Å². The molecule has 0 aliphatic carbocycles. The van der Waals surface area contributed by atoms with Gasteiger partial charge in [-0.3, -0.25) is 14.6 Å². The third-order valence-corrected chi connectivity index (χ3v) is 11.6. The van der Waals surface area contributed by atoms with Gasteiger partial charge in [0.15, 0.2) is 0 Å². The number of imidazole rings is 2. The fraction of sp³-hybridized carbons (Fsp3) is 0.419. The second kappa shape index (κ2) is 15.6. The molecule has 0 spiro atoms. The van der Waals surface area contributed by atoms with Crippen LogP contribution in [0.15, 0.2) is 54.7 Å². The highest BCUT2D eigenvalue weighted by Gasteiger charge is 2.39. The van der Waals surface area contributed by atoms with Gasteiger partial charge in [-0.05, 0) is 72.7 Å². The Kier molecular flexibility index (Phi) is 10.4. The summed E-state index contributed by atoms with van der Waals surface area (Å²) < 4.78 is 9.57. The molecule has 0 bridgehead atoms. The minimum Gasteiger partial charge on any atom is -0.453 e. The van der Waals surface area contributed by atoms with Crippen LogP contribution in [-0.4, -0.2) is 98.1 Å². The van der Waals surface area contributed by atoms with Crippen LogP contribution in [0, 0.1) is 11.8 Å². The predicted molar refractivity (Wildman–Crippen MR) is 220 cm³/mol. The second-order valence-corrected chi connectivity index (χ2v) is 16.0. The molecule has 8 rings (SSSR count). The Morgan fingerprint density at radius 2 is 1.19 bits per heavy atom. The normalized spacial score (nSPS) is 18.1. The zero-order valence-corrected chi connectivity index (χ0v) is 33.6. The number of pyridine rings is 1. The number of rotatable bonds is 9. The maximum atomic E-state index is 13.7. The van der Waals surface area contributed by atoms with Crippen LogP contribution in [0.25, 0.3) is 54.9 Å². The van der Waals surface area contributed by atoms with Gasteiger partial charge in [-0.25, -0.2) is 19.6 Å². The molecular formula is C43H49N9O6. The van der Waals surface area contributed by atoms with Crippen molar-refractivity contribution in [2.75, 3.05) is 27.3 Å². The van der Waals surface area contributed by atoms with Crippen molar-refractivity contribution >= 4 is 67.7 Å². The summed E-state index contributed by atoms with van der Waals surface area (Å²) in [7, 11) is 2.58. The number of benzene rings is 3. The number of aromatic amines is 2. The molecule has 0 saturated carbocycles. The summed E-state index contributed by atoms with van der Waals surface area (Å²) in [5.74, 6) is 0.888. The molecule has 4 atom stereocenters. The van der Waals surface area contributed by atoms with Crippen molar-refractivity contribution in [1.29, 1.82) is 0 Å². The van der Waals surface area contributed by atoms with E-state index < -0.39 is 24.3 Å². The number of aromatic nitrogens is 5. The molecule has 3 aromatic heterocycles. The predicted octanol–water partition coefficient (Wildman–Crippen LogP) is 6.90. The van der Waals surface area contributed by atoms with E-state index in [4.69, 9.17) is 24.4 Å². The Morgan fingerprint density at radius 1 is 0.672 bits per heavy atom. The highest BCUT2D eigenvalue weighted by Crippen LogP contribution is 2.37. The van der Waals surface area contributed by atoms with E-state index in [0.29, 0.717) is 18.9 Å². The summed E-state index contributed by atoms with van der Waals surface area (Å²) in [4.78, 5) is 77.0. The fourth-order valence-electron chi connectivity index (χ4n) is 8.55. The zero-order valence-electron chi connectivity index (χ0n) is 33.6. The smallest absolute Gasteiger partial charge is 0.407 e. The summed E-state index contributed by atoms with van der Waals surface area (Å²) in [5, 5.41) is 8.37. The van der Waals surface area contributed by atoms with E-state index in [0.717, 1.165) is 86.4 Å². The first-order valence-corrected chi connectivity index (χ1v) is 20.0. The van der Waals surface area contributed by atoms with Crippen molar-refractivity contribution in [3.8, 4) is 11.1 Å². The number of likely N-dealkylation sites (tertiary alicyclic amines) is 2. The molecule has 4 amide bonds. The largest absolute Gasteiger partial charge is 0.453 e. The van der Waals surface area contributed by atoms with E-state index >= 15 is 0 Å². The van der Waals surface area contributed by atoms with Gasteiger partial charge < -0.3 is 39.9 Å². The number of alkyl carbamates (subject to hydrolysis) is 2. The van der Waals surface area contributed by atoms with E-state index in [1.807, 2.05) is 61.9 Å². The molecule has 2 aliphatic rings. The maximum absolute atomic E-state index is 13.7. The molecule has 302 valence electrons. The average molecular weight is 788 g/mol. The summed E-state index contributed by atoms with van der Waals surface area (Å²) in [6, 6.07) is 14.6. The number of fused-ring (bicyclic) bond motifs is 6. The van der Waals surface area contributed by atoms with E-state index in [2.05, 4.69) is 50.9 Å². The number of amides is 4. The Bertz CT molecular complexity index is 2390. The van der Waals surface area contributed by atoms with Gasteiger partial charge in [0.05, 0.1) is 48.4 Å². The molecule has 0 unspecified atom stereocenters. The molecule has 15 heteroatoms. The van der Waals surface area contributed by atoms with Crippen molar-refractivity contribution in [2.24, 2.45) is 11.8 Å². The van der Waals surface area contributed by atoms with Crippen LogP contribution in [0.2, 0.25) is 0 Å². The standard InChI is InChI=1S/C43H49N9O6/c1-22(2)33(49-42(55)57-5)40(53)51-17-7-9-31(51)38-45-29-15-12-25-19-24(11-14-28(25)36(29)47-38)27-20-26-13-16-30-37(35(26)44-21-27)48-39(46-30)32-10-8-18-52(32)41(54)34(23(3)4)50-43(56)58-6/h11-16,19-23,31-34H,7-10,17-18H2,1-6H3,(H,45,47)(H,46,48)(H,49,55)(H,50,56)/t31-,32-,33-,34-/m0/s1. The van der Waals surface area contributed by atoms with Crippen molar-refractivity contribution in [2.45, 2.75) is 77.5 Å². The van der Waals surface area contributed by atoms with E-state index in [1.54, 1.807) is 0 Å². The monoisotopic (exact) mass is 787 g/mol. The maximum Gasteiger partial charge on any atom is 0.407 e. The lowest BCUT2D eigenvalue weighted by molar-refractivity contribution is -0.136. The van der Waals surface area contributed by atoms with Gasteiger partial charge in [0.1, 0.15) is 29.2 Å². The number of nitrogens with one attached hydrogen (secondary N) is 4. The molecule has 5 heterocycles. The number of carbonyl (C=O) groups is 4. The minimum atomic E-state index is -0.710. The quantitative estimate of drug-likeness (QED) is 0.121. The third kappa shape index (κ3) is 7.02. The first-order valence-electron chi connectivity index (χ1n) is 20.0. The Morgan fingerprint density at radius 3 is 1.74 bits per heavy atom. The van der Waals surface area contributed by atoms with Crippen LogP contribution in [0.5, 0.6) is 0 Å². The van der Waals surface area contributed by atoms with Crippen molar-refractivity contribution in [1.82, 2.24) is 45.4 Å². The number of methoxy groups -OCH3 is 2. The van der Waals surface area contributed by atoms with Crippen molar-refractivity contribution in [3.63, 3.8) is 0 Å². The molecule has 3 aromatic carbocycles. The lowest BCUT2D eigenvalue weighted by atomic mass is 10.0. The third-order valence-electron chi connectivity index (χ3n) is 11.6. The number of carbonyl (C=O) groups excluding carboxylic acids is 4. The summed E-state index contributed by atoms with van der Waals surface area (Å²) in [6.45, 7) is 8.76. The van der Waals surface area contributed by atoms with Crippen LogP contribution in [0.3, 0.4) is 0 Å². The van der Waals surface area contributed by atoms with Crippen LogP contribution >= 0.6 is 0 Å². The number of nitrogens with zero attached hydrogens (tertiary/aromatic N) is 5. The van der Waals surface area contributed by atoms with Gasteiger partial charge in [-0.1, -0.05) is 52.0 Å². The van der Waals surface area contributed by atoms with Crippen LogP contribution in [0.4, 0.5) is 9.59 Å². The first kappa shape index (κ1) is 38.6. The number of H-pyrrole nitrogens is 2. The van der Waals surface area contributed by atoms with Gasteiger partial charge in [0, 0.05) is 35.6 Å². The van der Waals surface area contributed by atoms with Crippen molar-refractivity contribution < 1.29 is 28.7 Å². The summed E-state index contributed by atoms with van der Waals surface area (Å²) in [5.41, 5.74) is 6.03. The number of ether oxygens (including phenoxy) is 2. The first-order chi connectivity index (χ1) is 27.9. The molecule has 6 aromatic rings. The zero-order chi connectivity index (χ0) is 40.8. The molecule has 0 radical (unpaired) electrons. The molecule has 4 N–H and O–H groups in total. The summed E-state index contributed by atoms with van der Waals surface area (Å²) >= 11 is 0. The Balaban J connectivity index is 1.05. The van der Waals surface area contributed by atoms with Crippen LogP contribution in [-0.2, 0) is 19.1 Å². The van der Waals surface area contributed by atoms with Gasteiger partial charge >= 0.3 is 12.2 Å². The number of hydrogen-bond acceptors (Lipinski definition) is 9. The van der Waals surface area contributed by atoms with Gasteiger partial charge in [0.25, 0.3) is 0 Å². The highest BCUT2D eigenvalue weighted by molar-refractivity contribution is 6.06. The Labute approximate surface area is 335 Å². The second-order valence-electron chi connectivity index (χ2n) is 16.0. The molecule has 15 nitrogen and oxygen atoms in total. The lowest BCUT2D eigenvalue weighted by Gasteiger charge is -2.29. The fourth-order valence-corrected chi connectivity index (χ4v) is 8.55. The molecule has 2 aliphatic heterocycles. The molecular weight excluding hydrogens is 739 g/mol. The molecule has 2 fully saturated rings. The van der Waals surface area contributed by atoms with Gasteiger partial charge in [0.2, 0.25) is 11.8 Å². The van der Waals surface area contributed by atoms with E-state index in [1.165, 1.54) is 14.2 Å². The topological polar surface area (TPSA) is 188 Å². The SMILES string of the molecule is COC(=O)N[C@H](C(=O)N1CCC[C@H]1c1nc2c(ccc3cc(-c4cnc5c(ccc6[nH]c([C@@H]7CCCN7C(=O)[C@@H](NC(=O)OC)C(C)C)nc65)c4)ccc32)[nH]1)C(C)C. The Hall–Kier alpha value is -6.25. The minimum absolute atomic E-state index is 0.117. The van der Waals surface area contributed by atoms with Crippen LogP contribution in [0.1, 0.15) is 77.1 Å². The lowest BCUT2D eigenvalue weighted by Crippen LogP contribution is -2.51.